The molecule has 3 atom stereocenters. The minimum atomic E-state index is 1.04. The SMILES string of the molecule is CC(C1CC1)C1C(C)C1C. The molecule has 0 heteroatoms. The van der Waals surface area contributed by atoms with E-state index in [-0.39, 0.29) is 0 Å². The van der Waals surface area contributed by atoms with Gasteiger partial charge in [0.2, 0.25) is 0 Å². The Bertz CT molecular complexity index is 124. The predicted molar refractivity (Wildman–Crippen MR) is 43.7 cm³/mol. The Balaban J connectivity index is 1.88. The fraction of sp³-hybridized carbons (Fsp3) is 1.00. The summed E-state index contributed by atoms with van der Waals surface area (Å²) in [5, 5.41) is 0. The van der Waals surface area contributed by atoms with Gasteiger partial charge in [0.15, 0.2) is 0 Å². The molecule has 0 aromatic rings. The van der Waals surface area contributed by atoms with E-state index in [1.165, 1.54) is 12.8 Å². The maximum atomic E-state index is 2.46. The molecule has 0 nitrogen and oxygen atoms in total. The Labute approximate surface area is 64.0 Å². The van der Waals surface area contributed by atoms with Gasteiger partial charge in [0.05, 0.1) is 0 Å². The van der Waals surface area contributed by atoms with Crippen molar-refractivity contribution in [1.82, 2.24) is 0 Å². The lowest BCUT2D eigenvalue weighted by molar-refractivity contribution is 0.415. The van der Waals surface area contributed by atoms with Gasteiger partial charge in [-0.05, 0) is 42.4 Å². The highest BCUT2D eigenvalue weighted by Gasteiger charge is 2.49. The van der Waals surface area contributed by atoms with Gasteiger partial charge in [-0.15, -0.1) is 0 Å². The highest BCUT2D eigenvalue weighted by molar-refractivity contribution is 4.98. The summed E-state index contributed by atoms with van der Waals surface area (Å²) >= 11 is 0. The fourth-order valence-corrected chi connectivity index (χ4v) is 2.59. The molecule has 0 aromatic heterocycles. The van der Waals surface area contributed by atoms with Gasteiger partial charge in [0.1, 0.15) is 0 Å². The van der Waals surface area contributed by atoms with Crippen LogP contribution in [0.1, 0.15) is 33.6 Å². The largest absolute Gasteiger partial charge is 0.0620 e. The Kier molecular flexibility index (Phi) is 1.33. The topological polar surface area (TPSA) is 0 Å². The minimum Gasteiger partial charge on any atom is -0.0620 e. The zero-order valence-electron chi connectivity index (χ0n) is 7.30. The summed E-state index contributed by atoms with van der Waals surface area (Å²) in [4.78, 5) is 0. The number of hydrogen-bond acceptors (Lipinski definition) is 0. The van der Waals surface area contributed by atoms with Gasteiger partial charge in [0.25, 0.3) is 0 Å². The van der Waals surface area contributed by atoms with Crippen molar-refractivity contribution in [1.29, 1.82) is 0 Å². The first-order valence-corrected chi connectivity index (χ1v) is 4.72. The minimum absolute atomic E-state index is 1.04. The van der Waals surface area contributed by atoms with Crippen molar-refractivity contribution in [3.8, 4) is 0 Å². The molecule has 0 aliphatic heterocycles. The highest BCUT2D eigenvalue weighted by Crippen LogP contribution is 2.56. The van der Waals surface area contributed by atoms with Crippen molar-refractivity contribution < 1.29 is 0 Å². The molecule has 2 fully saturated rings. The molecule has 0 heterocycles. The van der Waals surface area contributed by atoms with Gasteiger partial charge in [-0.25, -0.2) is 0 Å². The van der Waals surface area contributed by atoms with E-state index >= 15 is 0 Å². The van der Waals surface area contributed by atoms with E-state index in [1.807, 2.05) is 0 Å². The average molecular weight is 138 g/mol. The summed E-state index contributed by atoms with van der Waals surface area (Å²) in [6.07, 6.45) is 3.05. The van der Waals surface area contributed by atoms with E-state index in [0.717, 1.165) is 29.6 Å². The van der Waals surface area contributed by atoms with Crippen molar-refractivity contribution in [2.75, 3.05) is 0 Å². The van der Waals surface area contributed by atoms with Crippen LogP contribution < -0.4 is 0 Å². The molecule has 58 valence electrons. The molecular formula is C10H18. The molecule has 0 bridgehead atoms. The lowest BCUT2D eigenvalue weighted by atomic mass is 9.98. The van der Waals surface area contributed by atoms with Crippen molar-refractivity contribution >= 4 is 0 Å². The Morgan fingerprint density at radius 3 is 1.90 bits per heavy atom. The van der Waals surface area contributed by atoms with Crippen LogP contribution in [0.4, 0.5) is 0 Å². The molecule has 0 N–H and O–H groups in total. The first kappa shape index (κ1) is 6.69. The van der Waals surface area contributed by atoms with Crippen LogP contribution in [0.25, 0.3) is 0 Å². The molecule has 0 amide bonds. The van der Waals surface area contributed by atoms with Crippen LogP contribution >= 0.6 is 0 Å². The molecular weight excluding hydrogens is 120 g/mol. The van der Waals surface area contributed by atoms with E-state index in [9.17, 15) is 0 Å². The molecule has 2 saturated carbocycles. The second-order valence-corrected chi connectivity index (χ2v) is 4.49. The molecule has 0 spiro atoms. The van der Waals surface area contributed by atoms with Crippen LogP contribution in [-0.4, -0.2) is 0 Å². The van der Waals surface area contributed by atoms with E-state index in [0.29, 0.717) is 0 Å². The lowest BCUT2D eigenvalue weighted by Crippen LogP contribution is -2.01. The van der Waals surface area contributed by atoms with Gasteiger partial charge < -0.3 is 0 Å². The normalized spacial score (nSPS) is 48.9. The summed E-state index contributed by atoms with van der Waals surface area (Å²) < 4.78 is 0. The average Bonchev–Trinajstić information content (AvgIpc) is 2.72. The van der Waals surface area contributed by atoms with E-state index in [4.69, 9.17) is 0 Å². The predicted octanol–water partition coefficient (Wildman–Crippen LogP) is 2.93. The molecule has 2 rings (SSSR count). The van der Waals surface area contributed by atoms with Crippen LogP contribution in [0.5, 0.6) is 0 Å². The van der Waals surface area contributed by atoms with Gasteiger partial charge in [-0.3, -0.25) is 0 Å². The molecule has 10 heavy (non-hydrogen) atoms. The Morgan fingerprint density at radius 1 is 1.10 bits per heavy atom. The fourth-order valence-electron chi connectivity index (χ4n) is 2.59. The summed E-state index contributed by atoms with van der Waals surface area (Å²) in [5.74, 6) is 5.33. The van der Waals surface area contributed by atoms with Crippen LogP contribution in [0.3, 0.4) is 0 Å². The molecule has 0 aromatic carbocycles. The maximum Gasteiger partial charge on any atom is -0.0329 e. The van der Waals surface area contributed by atoms with Crippen molar-refractivity contribution in [2.24, 2.45) is 29.6 Å². The van der Waals surface area contributed by atoms with Crippen molar-refractivity contribution in [3.63, 3.8) is 0 Å². The second kappa shape index (κ2) is 1.99. The first-order valence-electron chi connectivity index (χ1n) is 4.72. The first-order chi connectivity index (χ1) is 4.72. The standard InChI is InChI=1S/C10H18/c1-6-7(2)10(6)8(3)9-4-5-9/h6-10H,4-5H2,1-3H3. The number of hydrogen-bond donors (Lipinski definition) is 0. The third-order valence-electron chi connectivity index (χ3n) is 3.88. The Morgan fingerprint density at radius 2 is 1.60 bits per heavy atom. The van der Waals surface area contributed by atoms with E-state index in [2.05, 4.69) is 20.8 Å². The van der Waals surface area contributed by atoms with Gasteiger partial charge in [0, 0.05) is 0 Å². The molecule has 2 aliphatic carbocycles. The molecule has 3 unspecified atom stereocenters. The molecule has 0 saturated heterocycles. The summed E-state index contributed by atoms with van der Waals surface area (Å²) in [6.45, 7) is 7.28. The van der Waals surface area contributed by atoms with Crippen LogP contribution in [0.2, 0.25) is 0 Å². The van der Waals surface area contributed by atoms with Crippen LogP contribution in [0.15, 0.2) is 0 Å². The van der Waals surface area contributed by atoms with Gasteiger partial charge in [-0.2, -0.15) is 0 Å². The van der Waals surface area contributed by atoms with Crippen LogP contribution in [0, 0.1) is 29.6 Å². The summed E-state index contributed by atoms with van der Waals surface area (Å²) in [6, 6.07) is 0. The monoisotopic (exact) mass is 138 g/mol. The van der Waals surface area contributed by atoms with E-state index < -0.39 is 0 Å². The zero-order chi connectivity index (χ0) is 7.30. The maximum absolute atomic E-state index is 2.46. The zero-order valence-corrected chi connectivity index (χ0v) is 7.30. The van der Waals surface area contributed by atoms with Crippen molar-refractivity contribution in [3.05, 3.63) is 0 Å². The molecule has 0 radical (unpaired) electrons. The van der Waals surface area contributed by atoms with Gasteiger partial charge in [-0.1, -0.05) is 20.8 Å². The number of rotatable bonds is 2. The lowest BCUT2D eigenvalue weighted by Gasteiger charge is -2.07. The molecule has 2 aliphatic rings. The third kappa shape index (κ3) is 0.889. The Hall–Kier alpha value is 0. The quantitative estimate of drug-likeness (QED) is 0.550. The third-order valence-corrected chi connectivity index (χ3v) is 3.88. The summed E-state index contributed by atoms with van der Waals surface area (Å²) in [7, 11) is 0. The summed E-state index contributed by atoms with van der Waals surface area (Å²) in [5.41, 5.74) is 0. The van der Waals surface area contributed by atoms with Gasteiger partial charge >= 0.3 is 0 Å². The second-order valence-electron chi connectivity index (χ2n) is 4.49. The smallest absolute Gasteiger partial charge is 0.0329 e. The van der Waals surface area contributed by atoms with Crippen molar-refractivity contribution in [2.45, 2.75) is 33.6 Å². The van der Waals surface area contributed by atoms with E-state index in [1.54, 1.807) is 0 Å². The highest BCUT2D eigenvalue weighted by atomic mass is 14.5. The van der Waals surface area contributed by atoms with Crippen LogP contribution in [-0.2, 0) is 0 Å².